The number of rotatable bonds is 6. The minimum Gasteiger partial charge on any atom is -0.340 e. The van der Waals surface area contributed by atoms with Crippen molar-refractivity contribution in [3.8, 4) is 0 Å². The highest BCUT2D eigenvalue weighted by Gasteiger charge is 2.31. The van der Waals surface area contributed by atoms with Crippen LogP contribution in [0.1, 0.15) is 59.3 Å². The molecule has 18 heavy (non-hydrogen) atoms. The van der Waals surface area contributed by atoms with E-state index in [9.17, 15) is 4.79 Å². The molecule has 2 N–H and O–H groups in total. The van der Waals surface area contributed by atoms with Gasteiger partial charge in [-0.2, -0.15) is 0 Å². The highest BCUT2D eigenvalue weighted by molar-refractivity contribution is 5.85. The van der Waals surface area contributed by atoms with Gasteiger partial charge in [-0.3, -0.25) is 4.79 Å². The zero-order valence-corrected chi connectivity index (χ0v) is 12.8. The Labute approximate surface area is 118 Å². The number of hydrogen-bond acceptors (Lipinski definition) is 2. The molecule has 0 aromatic rings. The smallest absolute Gasteiger partial charge is 0.225 e. The molecule has 1 aliphatic rings. The summed E-state index contributed by atoms with van der Waals surface area (Å²) in [6.07, 6.45) is 6.42. The molecule has 1 amide bonds. The Bertz CT molecular complexity index is 246. The van der Waals surface area contributed by atoms with Gasteiger partial charge < -0.3 is 10.6 Å². The number of hydrogen-bond donors (Lipinski definition) is 1. The van der Waals surface area contributed by atoms with Crippen LogP contribution in [-0.2, 0) is 4.79 Å². The molecule has 0 aromatic carbocycles. The van der Waals surface area contributed by atoms with Gasteiger partial charge >= 0.3 is 0 Å². The Morgan fingerprint density at radius 1 is 1.33 bits per heavy atom. The van der Waals surface area contributed by atoms with Gasteiger partial charge in [0.2, 0.25) is 5.91 Å². The fourth-order valence-corrected chi connectivity index (χ4v) is 2.63. The SMILES string of the molecule is CCCCCN(C(=O)C1CCC(N)C1)C(C)C.Cl. The summed E-state index contributed by atoms with van der Waals surface area (Å²) >= 11 is 0. The van der Waals surface area contributed by atoms with Gasteiger partial charge in [0.05, 0.1) is 0 Å². The van der Waals surface area contributed by atoms with Gasteiger partial charge in [0.15, 0.2) is 0 Å². The van der Waals surface area contributed by atoms with Crippen molar-refractivity contribution in [2.45, 2.75) is 71.4 Å². The van der Waals surface area contributed by atoms with Crippen LogP contribution < -0.4 is 5.73 Å². The minimum absolute atomic E-state index is 0. The summed E-state index contributed by atoms with van der Waals surface area (Å²) in [7, 11) is 0. The van der Waals surface area contributed by atoms with Crippen molar-refractivity contribution in [1.29, 1.82) is 0 Å². The highest BCUT2D eigenvalue weighted by Crippen LogP contribution is 2.26. The molecule has 1 aliphatic carbocycles. The summed E-state index contributed by atoms with van der Waals surface area (Å²) in [5, 5.41) is 0. The molecule has 0 bridgehead atoms. The van der Waals surface area contributed by atoms with E-state index in [1.54, 1.807) is 0 Å². The van der Waals surface area contributed by atoms with Crippen molar-refractivity contribution in [3.05, 3.63) is 0 Å². The first kappa shape index (κ1) is 17.7. The van der Waals surface area contributed by atoms with E-state index in [0.29, 0.717) is 11.9 Å². The Hall–Kier alpha value is -0.280. The number of carbonyl (C=O) groups excluding carboxylic acids is 1. The van der Waals surface area contributed by atoms with E-state index in [1.165, 1.54) is 12.8 Å². The lowest BCUT2D eigenvalue weighted by atomic mass is 10.0. The van der Waals surface area contributed by atoms with E-state index in [0.717, 1.165) is 32.2 Å². The number of nitrogens with two attached hydrogens (primary N) is 1. The summed E-state index contributed by atoms with van der Waals surface area (Å²) in [6, 6.07) is 0.560. The van der Waals surface area contributed by atoms with Crippen LogP contribution in [0.5, 0.6) is 0 Å². The third-order valence-electron chi connectivity index (χ3n) is 3.73. The van der Waals surface area contributed by atoms with Gasteiger partial charge in [-0.05, 0) is 39.5 Å². The van der Waals surface area contributed by atoms with E-state index < -0.39 is 0 Å². The Balaban J connectivity index is 0.00000289. The Morgan fingerprint density at radius 2 is 2.00 bits per heavy atom. The lowest BCUT2D eigenvalue weighted by Crippen LogP contribution is -2.41. The van der Waals surface area contributed by atoms with E-state index in [1.807, 2.05) is 0 Å². The lowest BCUT2D eigenvalue weighted by Gasteiger charge is -2.29. The van der Waals surface area contributed by atoms with Crippen molar-refractivity contribution < 1.29 is 4.79 Å². The van der Waals surface area contributed by atoms with Gasteiger partial charge in [-0.25, -0.2) is 0 Å². The molecular weight excluding hydrogens is 248 g/mol. The molecule has 0 spiro atoms. The zero-order chi connectivity index (χ0) is 12.8. The fourth-order valence-electron chi connectivity index (χ4n) is 2.63. The summed E-state index contributed by atoms with van der Waals surface area (Å²) in [5.74, 6) is 0.526. The number of halogens is 1. The van der Waals surface area contributed by atoms with Crippen molar-refractivity contribution in [2.75, 3.05) is 6.54 Å². The van der Waals surface area contributed by atoms with E-state index in [2.05, 4.69) is 25.7 Å². The van der Waals surface area contributed by atoms with E-state index in [4.69, 9.17) is 5.73 Å². The highest BCUT2D eigenvalue weighted by atomic mass is 35.5. The molecule has 0 heterocycles. The molecule has 1 fully saturated rings. The van der Waals surface area contributed by atoms with Gasteiger partial charge in [-0.1, -0.05) is 19.8 Å². The maximum absolute atomic E-state index is 12.4. The van der Waals surface area contributed by atoms with Gasteiger partial charge in [-0.15, -0.1) is 12.4 Å². The van der Waals surface area contributed by atoms with E-state index >= 15 is 0 Å². The predicted molar refractivity (Wildman–Crippen MR) is 78.9 cm³/mol. The van der Waals surface area contributed by atoms with Crippen LogP contribution in [0, 0.1) is 5.92 Å². The third kappa shape index (κ3) is 5.15. The summed E-state index contributed by atoms with van der Waals surface area (Å²) in [5.41, 5.74) is 5.89. The summed E-state index contributed by atoms with van der Waals surface area (Å²) in [6.45, 7) is 7.32. The second kappa shape index (κ2) is 8.76. The van der Waals surface area contributed by atoms with Crippen molar-refractivity contribution >= 4 is 18.3 Å². The van der Waals surface area contributed by atoms with E-state index in [-0.39, 0.29) is 24.4 Å². The first-order valence-corrected chi connectivity index (χ1v) is 7.12. The van der Waals surface area contributed by atoms with Crippen molar-refractivity contribution in [1.82, 2.24) is 4.90 Å². The molecule has 0 aliphatic heterocycles. The molecule has 0 radical (unpaired) electrons. The van der Waals surface area contributed by atoms with Crippen molar-refractivity contribution in [2.24, 2.45) is 11.7 Å². The number of unbranched alkanes of at least 4 members (excludes halogenated alkanes) is 2. The van der Waals surface area contributed by atoms with Crippen LogP contribution in [0.15, 0.2) is 0 Å². The van der Waals surface area contributed by atoms with Crippen LogP contribution in [0.4, 0.5) is 0 Å². The largest absolute Gasteiger partial charge is 0.340 e. The monoisotopic (exact) mass is 276 g/mol. The van der Waals surface area contributed by atoms with Crippen molar-refractivity contribution in [3.63, 3.8) is 0 Å². The zero-order valence-electron chi connectivity index (χ0n) is 12.0. The first-order valence-electron chi connectivity index (χ1n) is 7.12. The lowest BCUT2D eigenvalue weighted by molar-refractivity contribution is -0.137. The summed E-state index contributed by atoms with van der Waals surface area (Å²) < 4.78 is 0. The second-order valence-electron chi connectivity index (χ2n) is 5.60. The maximum atomic E-state index is 12.4. The second-order valence-corrected chi connectivity index (χ2v) is 5.60. The standard InChI is InChI=1S/C14H28N2O.ClH/c1-4-5-6-9-16(11(2)3)14(17)12-7-8-13(15)10-12;/h11-13H,4-10,15H2,1-3H3;1H. The molecular formula is C14H29ClN2O. The van der Waals surface area contributed by atoms with Crippen LogP contribution in [-0.4, -0.2) is 29.4 Å². The number of nitrogens with zero attached hydrogens (tertiary/aromatic N) is 1. The Morgan fingerprint density at radius 3 is 2.44 bits per heavy atom. The molecule has 0 aromatic heterocycles. The quantitative estimate of drug-likeness (QED) is 0.758. The van der Waals surface area contributed by atoms with Gasteiger partial charge in [0.25, 0.3) is 0 Å². The third-order valence-corrected chi connectivity index (χ3v) is 3.73. The first-order chi connectivity index (χ1) is 8.06. The average molecular weight is 277 g/mol. The number of amides is 1. The summed E-state index contributed by atoms with van der Waals surface area (Å²) in [4.78, 5) is 14.5. The topological polar surface area (TPSA) is 46.3 Å². The Kier molecular flexibility index (Phi) is 8.62. The molecule has 1 saturated carbocycles. The number of carbonyl (C=O) groups is 1. The maximum Gasteiger partial charge on any atom is 0.225 e. The van der Waals surface area contributed by atoms with Gasteiger partial charge in [0.1, 0.15) is 0 Å². The molecule has 108 valence electrons. The fraction of sp³-hybridized carbons (Fsp3) is 0.929. The van der Waals surface area contributed by atoms with Crippen LogP contribution >= 0.6 is 12.4 Å². The average Bonchev–Trinajstić information content (AvgIpc) is 2.70. The van der Waals surface area contributed by atoms with Crippen LogP contribution in [0.2, 0.25) is 0 Å². The molecule has 4 heteroatoms. The normalized spacial score (nSPS) is 22.9. The molecule has 3 nitrogen and oxygen atoms in total. The molecule has 0 saturated heterocycles. The van der Waals surface area contributed by atoms with Crippen LogP contribution in [0.25, 0.3) is 0 Å². The molecule has 1 rings (SSSR count). The molecule has 2 unspecified atom stereocenters. The van der Waals surface area contributed by atoms with Gasteiger partial charge in [0, 0.05) is 24.5 Å². The predicted octanol–water partition coefficient (Wildman–Crippen LogP) is 2.96. The van der Waals surface area contributed by atoms with Crippen LogP contribution in [0.3, 0.4) is 0 Å². The minimum atomic E-state index is 0. The molecule has 2 atom stereocenters.